The Labute approximate surface area is 129 Å². The highest BCUT2D eigenvalue weighted by Gasteiger charge is 2.22. The predicted octanol–water partition coefficient (Wildman–Crippen LogP) is 0.121. The van der Waals surface area contributed by atoms with Gasteiger partial charge >= 0.3 is 17.5 Å². The number of nitrogens with zero attached hydrogens (tertiary/aromatic N) is 4. The van der Waals surface area contributed by atoms with E-state index in [1.54, 1.807) is 25.2 Å². The lowest BCUT2D eigenvalue weighted by Crippen LogP contribution is -2.41. The first-order valence-corrected chi connectivity index (χ1v) is 7.10. The molecule has 0 radical (unpaired) electrons. The van der Waals surface area contributed by atoms with E-state index in [0.717, 1.165) is 4.57 Å². The molecule has 0 aliphatic carbocycles. The first-order chi connectivity index (χ1) is 10.9. The predicted molar refractivity (Wildman–Crippen MR) is 80.6 cm³/mol. The zero-order valence-corrected chi connectivity index (χ0v) is 13.2. The first kappa shape index (κ1) is 15.1. The standard InChI is InChI=1S/C14H16N4O5/c1-5-22-9(19)6-17-12(20)10-11(16(4)14(17)21)15-13-18(10)7(2)8(3)23-13/h5-6H2,1-4H3. The molecule has 0 aliphatic rings. The lowest BCUT2D eigenvalue weighted by Gasteiger charge is -2.07. The van der Waals surface area contributed by atoms with E-state index in [9.17, 15) is 14.4 Å². The lowest BCUT2D eigenvalue weighted by atomic mass is 10.4. The van der Waals surface area contributed by atoms with Crippen LogP contribution in [0.3, 0.4) is 0 Å². The second-order valence-electron chi connectivity index (χ2n) is 5.18. The van der Waals surface area contributed by atoms with Gasteiger partial charge in [0.2, 0.25) is 0 Å². The minimum absolute atomic E-state index is 0.174. The number of fused-ring (bicyclic) bond motifs is 3. The summed E-state index contributed by atoms with van der Waals surface area (Å²) < 4.78 is 13.9. The summed E-state index contributed by atoms with van der Waals surface area (Å²) in [5.41, 5.74) is -0.123. The molecule has 0 saturated carbocycles. The zero-order valence-electron chi connectivity index (χ0n) is 13.2. The summed E-state index contributed by atoms with van der Waals surface area (Å²) in [6.07, 6.45) is 0. The molecule has 3 heterocycles. The number of carbonyl (C=O) groups excluding carboxylic acids is 1. The van der Waals surface area contributed by atoms with Crippen LogP contribution >= 0.6 is 0 Å². The van der Waals surface area contributed by atoms with Crippen molar-refractivity contribution in [3.63, 3.8) is 0 Å². The summed E-state index contributed by atoms with van der Waals surface area (Å²) >= 11 is 0. The number of aromatic nitrogens is 4. The Bertz CT molecular complexity index is 1050. The van der Waals surface area contributed by atoms with Crippen LogP contribution in [0.5, 0.6) is 0 Å². The summed E-state index contributed by atoms with van der Waals surface area (Å²) in [5, 5.41) is 0. The zero-order chi connectivity index (χ0) is 16.9. The number of esters is 1. The van der Waals surface area contributed by atoms with Crippen molar-refractivity contribution in [1.82, 2.24) is 18.5 Å². The van der Waals surface area contributed by atoms with Gasteiger partial charge in [-0.05, 0) is 20.8 Å². The molecule has 9 heteroatoms. The fraction of sp³-hybridized carbons (Fsp3) is 0.429. The van der Waals surface area contributed by atoms with E-state index in [1.165, 1.54) is 11.6 Å². The SMILES string of the molecule is CCOC(=O)Cn1c(=O)c2c(nc3oc(C)c(C)n32)n(C)c1=O. The average Bonchev–Trinajstić information content (AvgIpc) is 2.99. The summed E-state index contributed by atoms with van der Waals surface area (Å²) in [5.74, 6) is 0.211. The summed E-state index contributed by atoms with van der Waals surface area (Å²) in [6, 6.07) is 0. The Morgan fingerprint density at radius 3 is 2.65 bits per heavy atom. The molecule has 0 unspecified atom stereocenters. The molecule has 0 aliphatic heterocycles. The monoisotopic (exact) mass is 320 g/mol. The molecule has 0 spiro atoms. The topological polar surface area (TPSA) is 101 Å². The van der Waals surface area contributed by atoms with E-state index in [2.05, 4.69) is 4.98 Å². The van der Waals surface area contributed by atoms with Gasteiger partial charge in [-0.2, -0.15) is 4.98 Å². The number of aryl methyl sites for hydroxylation is 3. The molecule has 0 bridgehead atoms. The molecule has 0 saturated heterocycles. The molecule has 0 fully saturated rings. The van der Waals surface area contributed by atoms with E-state index in [-0.39, 0.29) is 23.6 Å². The highest BCUT2D eigenvalue weighted by atomic mass is 16.5. The van der Waals surface area contributed by atoms with Gasteiger partial charge < -0.3 is 9.15 Å². The van der Waals surface area contributed by atoms with Crippen LogP contribution in [0.2, 0.25) is 0 Å². The molecule has 9 nitrogen and oxygen atoms in total. The van der Waals surface area contributed by atoms with Crippen LogP contribution in [0.1, 0.15) is 18.4 Å². The van der Waals surface area contributed by atoms with Gasteiger partial charge in [-0.25, -0.2) is 9.36 Å². The van der Waals surface area contributed by atoms with Gasteiger partial charge in [0.15, 0.2) is 11.2 Å². The quantitative estimate of drug-likeness (QED) is 0.635. The second-order valence-corrected chi connectivity index (χ2v) is 5.18. The number of imidazole rings is 1. The van der Waals surface area contributed by atoms with Crippen molar-refractivity contribution in [3.05, 3.63) is 32.3 Å². The molecular weight excluding hydrogens is 304 g/mol. The smallest absolute Gasteiger partial charge is 0.333 e. The second kappa shape index (κ2) is 5.11. The van der Waals surface area contributed by atoms with E-state index in [0.29, 0.717) is 11.5 Å². The average molecular weight is 320 g/mol. The minimum atomic E-state index is -0.646. The Morgan fingerprint density at radius 1 is 1.30 bits per heavy atom. The van der Waals surface area contributed by atoms with E-state index < -0.39 is 23.8 Å². The van der Waals surface area contributed by atoms with Crippen LogP contribution in [0.25, 0.3) is 17.0 Å². The van der Waals surface area contributed by atoms with Crippen LogP contribution in [-0.2, 0) is 23.1 Å². The summed E-state index contributed by atoms with van der Waals surface area (Å²) in [4.78, 5) is 40.9. The Morgan fingerprint density at radius 2 is 2.00 bits per heavy atom. The minimum Gasteiger partial charge on any atom is -0.465 e. The van der Waals surface area contributed by atoms with Gasteiger partial charge in [0.05, 0.1) is 12.3 Å². The maximum atomic E-state index is 12.7. The molecule has 23 heavy (non-hydrogen) atoms. The number of rotatable bonds is 3. The van der Waals surface area contributed by atoms with Crippen molar-refractivity contribution in [2.45, 2.75) is 27.3 Å². The third kappa shape index (κ3) is 2.07. The first-order valence-electron chi connectivity index (χ1n) is 7.10. The Kier molecular flexibility index (Phi) is 3.35. The third-order valence-corrected chi connectivity index (χ3v) is 3.79. The fourth-order valence-corrected chi connectivity index (χ4v) is 2.52. The van der Waals surface area contributed by atoms with Crippen LogP contribution in [0.4, 0.5) is 0 Å². The molecular formula is C14H16N4O5. The highest BCUT2D eigenvalue weighted by Crippen LogP contribution is 2.19. The largest absolute Gasteiger partial charge is 0.465 e. The van der Waals surface area contributed by atoms with E-state index >= 15 is 0 Å². The number of hydrogen-bond donors (Lipinski definition) is 0. The number of oxazole rings is 1. The van der Waals surface area contributed by atoms with Gasteiger partial charge in [0.25, 0.3) is 5.56 Å². The fourth-order valence-electron chi connectivity index (χ4n) is 2.52. The summed E-state index contributed by atoms with van der Waals surface area (Å²) in [6.45, 7) is 4.92. The van der Waals surface area contributed by atoms with Crippen molar-refractivity contribution < 1.29 is 13.9 Å². The third-order valence-electron chi connectivity index (χ3n) is 3.79. The molecule has 3 rings (SSSR count). The normalized spacial score (nSPS) is 11.5. The van der Waals surface area contributed by atoms with Crippen LogP contribution in [0.15, 0.2) is 14.0 Å². The molecule has 0 aromatic carbocycles. The molecule has 122 valence electrons. The van der Waals surface area contributed by atoms with Crippen molar-refractivity contribution in [2.24, 2.45) is 7.05 Å². The van der Waals surface area contributed by atoms with Crippen molar-refractivity contribution in [3.8, 4) is 0 Å². The van der Waals surface area contributed by atoms with Crippen molar-refractivity contribution >= 4 is 23.0 Å². The molecule has 3 aromatic heterocycles. The van der Waals surface area contributed by atoms with Crippen LogP contribution < -0.4 is 11.2 Å². The van der Waals surface area contributed by atoms with Gasteiger partial charge in [0, 0.05) is 7.05 Å². The van der Waals surface area contributed by atoms with E-state index in [4.69, 9.17) is 9.15 Å². The summed E-state index contributed by atoms with van der Waals surface area (Å²) in [7, 11) is 1.49. The van der Waals surface area contributed by atoms with E-state index in [1.807, 2.05) is 0 Å². The van der Waals surface area contributed by atoms with Crippen molar-refractivity contribution in [1.29, 1.82) is 0 Å². The maximum Gasteiger partial charge on any atom is 0.333 e. The molecule has 0 N–H and O–H groups in total. The van der Waals surface area contributed by atoms with Gasteiger partial charge in [0.1, 0.15) is 12.3 Å². The van der Waals surface area contributed by atoms with Gasteiger partial charge in [-0.3, -0.25) is 18.6 Å². The van der Waals surface area contributed by atoms with Crippen LogP contribution in [-0.4, -0.2) is 31.1 Å². The van der Waals surface area contributed by atoms with Gasteiger partial charge in [-0.15, -0.1) is 0 Å². The number of ether oxygens (including phenoxy) is 1. The number of hydrogen-bond acceptors (Lipinski definition) is 6. The molecule has 3 aromatic rings. The maximum absolute atomic E-state index is 12.7. The van der Waals surface area contributed by atoms with Crippen LogP contribution in [0, 0.1) is 13.8 Å². The number of carbonyl (C=O) groups is 1. The van der Waals surface area contributed by atoms with Gasteiger partial charge in [-0.1, -0.05) is 0 Å². The highest BCUT2D eigenvalue weighted by molar-refractivity contribution is 5.76. The lowest BCUT2D eigenvalue weighted by molar-refractivity contribution is -0.143. The molecule has 0 atom stereocenters. The Hall–Kier alpha value is -2.84. The Balaban J connectivity index is 2.38. The van der Waals surface area contributed by atoms with Crippen molar-refractivity contribution in [2.75, 3.05) is 6.61 Å². The molecule has 0 amide bonds.